The number of rotatable bonds is 5. The standard InChI is InChI=1S/C58H33N7O/c59-34-37-33-36(57-60-56(35-15-3-1-4-16-35)61-58(62-57)65-45-23-11-7-19-39(45)40-20-8-12-24-46(40)65)27-29-44(37)64-48-26-14-9-21-41(48)52-49(64)31-32-51-54(52)43-28-30-50-53(55(43)66-51)42-22-10-13-25-47(42)63(50)38-17-5-2-6-18-38/h1-33H. The Morgan fingerprint density at radius 3 is 1.62 bits per heavy atom. The Morgan fingerprint density at radius 1 is 0.394 bits per heavy atom. The van der Waals surface area contributed by atoms with E-state index in [1.165, 1.54) is 0 Å². The molecule has 0 aliphatic heterocycles. The van der Waals surface area contributed by atoms with Crippen molar-refractivity contribution >= 4 is 87.4 Å². The molecular weight excluding hydrogens is 811 g/mol. The SMILES string of the molecule is N#Cc1cc(-c2nc(-c3ccccc3)nc(-n3c4ccccc4c4ccccc43)n2)ccc1-n1c2ccccc2c2c3c(ccc21)oc1c3ccc2c1c1ccccc1n2-c1ccccc1. The van der Waals surface area contributed by atoms with Crippen molar-refractivity contribution in [2.45, 2.75) is 0 Å². The molecule has 0 atom stereocenters. The van der Waals surface area contributed by atoms with Gasteiger partial charge in [0.05, 0.1) is 49.7 Å². The Labute approximate surface area is 376 Å². The van der Waals surface area contributed by atoms with E-state index < -0.39 is 0 Å². The molecule has 0 radical (unpaired) electrons. The summed E-state index contributed by atoms with van der Waals surface area (Å²) in [6.45, 7) is 0. The van der Waals surface area contributed by atoms with Gasteiger partial charge in [0.1, 0.15) is 17.2 Å². The molecule has 8 nitrogen and oxygen atoms in total. The molecule has 14 rings (SSSR count). The molecule has 9 aromatic carbocycles. The van der Waals surface area contributed by atoms with Gasteiger partial charge in [-0.2, -0.15) is 15.2 Å². The van der Waals surface area contributed by atoms with Gasteiger partial charge in [0.25, 0.3) is 0 Å². The summed E-state index contributed by atoms with van der Waals surface area (Å²) in [5.74, 6) is 1.51. The van der Waals surface area contributed by atoms with Gasteiger partial charge >= 0.3 is 0 Å². The minimum absolute atomic E-state index is 0.470. The van der Waals surface area contributed by atoms with E-state index in [-0.39, 0.29) is 0 Å². The van der Waals surface area contributed by atoms with Gasteiger partial charge in [0.2, 0.25) is 5.95 Å². The topological polar surface area (TPSA) is 90.4 Å². The molecule has 0 spiro atoms. The van der Waals surface area contributed by atoms with Crippen LogP contribution in [0.5, 0.6) is 0 Å². The molecule has 0 fully saturated rings. The van der Waals surface area contributed by atoms with Crippen molar-refractivity contribution in [1.82, 2.24) is 28.7 Å². The number of nitriles is 1. The lowest BCUT2D eigenvalue weighted by Crippen LogP contribution is -2.06. The number of benzene rings is 9. The maximum Gasteiger partial charge on any atom is 0.238 e. The Morgan fingerprint density at radius 2 is 0.939 bits per heavy atom. The van der Waals surface area contributed by atoms with E-state index in [0.717, 1.165) is 104 Å². The smallest absolute Gasteiger partial charge is 0.238 e. The van der Waals surface area contributed by atoms with Gasteiger partial charge in [-0.25, -0.2) is 4.98 Å². The van der Waals surface area contributed by atoms with Crippen LogP contribution in [0.2, 0.25) is 0 Å². The van der Waals surface area contributed by atoms with E-state index in [4.69, 9.17) is 19.4 Å². The van der Waals surface area contributed by atoms with E-state index >= 15 is 0 Å². The number of hydrogen-bond acceptors (Lipinski definition) is 5. The highest BCUT2D eigenvalue weighted by molar-refractivity contribution is 6.31. The van der Waals surface area contributed by atoms with Crippen LogP contribution in [-0.4, -0.2) is 28.7 Å². The molecule has 0 bridgehead atoms. The van der Waals surface area contributed by atoms with Crippen molar-refractivity contribution in [1.29, 1.82) is 5.26 Å². The molecule has 0 aliphatic rings. The highest BCUT2D eigenvalue weighted by atomic mass is 16.3. The molecule has 0 amide bonds. The van der Waals surface area contributed by atoms with Crippen LogP contribution in [0.3, 0.4) is 0 Å². The molecule has 8 heteroatoms. The minimum atomic E-state index is 0.470. The predicted molar refractivity (Wildman–Crippen MR) is 266 cm³/mol. The Bertz CT molecular complexity index is 4310. The first-order valence-corrected chi connectivity index (χ1v) is 21.9. The van der Waals surface area contributed by atoms with Crippen molar-refractivity contribution in [3.63, 3.8) is 0 Å². The zero-order valence-electron chi connectivity index (χ0n) is 35.1. The lowest BCUT2D eigenvalue weighted by atomic mass is 10.0. The summed E-state index contributed by atoms with van der Waals surface area (Å²) < 4.78 is 13.6. The average molecular weight is 844 g/mol. The van der Waals surface area contributed by atoms with E-state index in [1.807, 2.05) is 66.7 Å². The molecule has 5 heterocycles. The molecule has 5 aromatic heterocycles. The van der Waals surface area contributed by atoms with Gasteiger partial charge in [-0.3, -0.25) is 4.57 Å². The number of hydrogen-bond donors (Lipinski definition) is 0. The van der Waals surface area contributed by atoms with Crippen LogP contribution < -0.4 is 0 Å². The van der Waals surface area contributed by atoms with Gasteiger partial charge < -0.3 is 13.6 Å². The molecule has 0 N–H and O–H groups in total. The van der Waals surface area contributed by atoms with Crippen molar-refractivity contribution < 1.29 is 4.42 Å². The molecular formula is C58H33N7O. The zero-order chi connectivity index (χ0) is 43.5. The second-order valence-electron chi connectivity index (χ2n) is 16.7. The Balaban J connectivity index is 0.981. The number of aromatic nitrogens is 6. The highest BCUT2D eigenvalue weighted by Crippen LogP contribution is 2.45. The van der Waals surface area contributed by atoms with Gasteiger partial charge in [0, 0.05) is 54.5 Å². The summed E-state index contributed by atoms with van der Waals surface area (Å²) in [6.07, 6.45) is 0. The van der Waals surface area contributed by atoms with Crippen LogP contribution in [0, 0.1) is 11.3 Å². The minimum Gasteiger partial charge on any atom is -0.455 e. The first kappa shape index (κ1) is 36.2. The van der Waals surface area contributed by atoms with Crippen LogP contribution >= 0.6 is 0 Å². The maximum absolute atomic E-state index is 11.0. The first-order chi connectivity index (χ1) is 32.7. The van der Waals surface area contributed by atoms with Gasteiger partial charge in [-0.05, 0) is 78.9 Å². The normalized spacial score (nSPS) is 11.9. The largest absolute Gasteiger partial charge is 0.455 e. The fraction of sp³-hybridized carbons (Fsp3) is 0. The maximum atomic E-state index is 11.0. The Hall–Kier alpha value is -9.32. The number of para-hydroxylation sites is 5. The first-order valence-electron chi connectivity index (χ1n) is 21.9. The monoisotopic (exact) mass is 843 g/mol. The van der Waals surface area contributed by atoms with Crippen molar-refractivity contribution in [3.8, 4) is 46.2 Å². The number of fused-ring (bicyclic) bond motifs is 14. The third-order valence-corrected chi connectivity index (χ3v) is 13.1. The lowest BCUT2D eigenvalue weighted by molar-refractivity contribution is 0.673. The van der Waals surface area contributed by atoms with Crippen LogP contribution in [0.1, 0.15) is 5.56 Å². The quantitative estimate of drug-likeness (QED) is 0.172. The van der Waals surface area contributed by atoms with E-state index in [0.29, 0.717) is 28.7 Å². The average Bonchev–Trinajstić information content (AvgIpc) is 4.13. The van der Waals surface area contributed by atoms with Crippen LogP contribution in [0.4, 0.5) is 0 Å². The second kappa shape index (κ2) is 13.8. The van der Waals surface area contributed by atoms with Crippen LogP contribution in [0.15, 0.2) is 205 Å². The molecule has 0 saturated carbocycles. The lowest BCUT2D eigenvalue weighted by Gasteiger charge is -2.13. The van der Waals surface area contributed by atoms with E-state index in [2.05, 4.69) is 153 Å². The summed E-state index contributed by atoms with van der Waals surface area (Å²) in [7, 11) is 0. The van der Waals surface area contributed by atoms with Crippen molar-refractivity contribution in [3.05, 3.63) is 206 Å². The summed E-state index contributed by atoms with van der Waals surface area (Å²) in [5, 5.41) is 19.7. The molecule has 306 valence electrons. The summed E-state index contributed by atoms with van der Waals surface area (Å²) in [5.41, 5.74) is 11.7. The van der Waals surface area contributed by atoms with Crippen molar-refractivity contribution in [2.24, 2.45) is 0 Å². The third-order valence-electron chi connectivity index (χ3n) is 13.1. The fourth-order valence-electron chi connectivity index (χ4n) is 10.4. The second-order valence-corrected chi connectivity index (χ2v) is 16.7. The van der Waals surface area contributed by atoms with Gasteiger partial charge in [0.15, 0.2) is 11.6 Å². The van der Waals surface area contributed by atoms with Crippen LogP contribution in [-0.2, 0) is 0 Å². The summed E-state index contributed by atoms with van der Waals surface area (Å²) in [4.78, 5) is 15.3. The summed E-state index contributed by atoms with van der Waals surface area (Å²) >= 11 is 0. The van der Waals surface area contributed by atoms with Crippen molar-refractivity contribution in [2.75, 3.05) is 0 Å². The molecule has 0 unspecified atom stereocenters. The van der Waals surface area contributed by atoms with E-state index in [9.17, 15) is 5.26 Å². The van der Waals surface area contributed by atoms with Gasteiger partial charge in [-0.1, -0.05) is 121 Å². The molecule has 66 heavy (non-hydrogen) atoms. The number of nitrogens with zero attached hydrogens (tertiary/aromatic N) is 7. The highest BCUT2D eigenvalue weighted by Gasteiger charge is 2.24. The van der Waals surface area contributed by atoms with Crippen LogP contribution in [0.25, 0.3) is 127 Å². The third kappa shape index (κ3) is 5.11. The Kier molecular flexibility index (Phi) is 7.59. The molecule has 14 aromatic rings. The number of furan rings is 1. The molecule has 0 saturated heterocycles. The predicted octanol–water partition coefficient (Wildman–Crippen LogP) is 14.3. The van der Waals surface area contributed by atoms with Gasteiger partial charge in [-0.15, -0.1) is 0 Å². The molecule has 0 aliphatic carbocycles. The van der Waals surface area contributed by atoms with E-state index in [1.54, 1.807) is 0 Å². The zero-order valence-corrected chi connectivity index (χ0v) is 35.1. The fourth-order valence-corrected chi connectivity index (χ4v) is 10.4. The summed E-state index contributed by atoms with van der Waals surface area (Å²) in [6, 6.07) is 71.2.